The largest absolute Gasteiger partial charge is 0.481 e. The molecule has 0 aliphatic carbocycles. The van der Waals surface area contributed by atoms with Gasteiger partial charge >= 0.3 is 48.0 Å². The van der Waals surface area contributed by atoms with Crippen molar-refractivity contribution >= 4 is 187 Å². The summed E-state index contributed by atoms with van der Waals surface area (Å²) in [5.74, 6) is -8.58. The Balaban J connectivity index is 0.000000268. The van der Waals surface area contributed by atoms with Gasteiger partial charge in [-0.2, -0.15) is 0 Å². The van der Waals surface area contributed by atoms with Crippen LogP contribution in [0.1, 0.15) is 215 Å². The number of esters is 5. The van der Waals surface area contributed by atoms with Gasteiger partial charge in [0.15, 0.2) is 6.10 Å². The number of carboxylic acids is 1. The number of amides is 6. The molecule has 0 bridgehead atoms. The molecule has 0 radical (unpaired) electrons. The number of nitrogens with one attached hydrogen (secondary N) is 4. The highest BCUT2D eigenvalue weighted by atomic mass is 35.6. The molecule has 0 spiro atoms. The summed E-state index contributed by atoms with van der Waals surface area (Å²) >= 11 is 33.9. The van der Waals surface area contributed by atoms with Crippen LogP contribution in [0.15, 0.2) is 109 Å². The van der Waals surface area contributed by atoms with Gasteiger partial charge in [0.1, 0.15) is 53.7 Å². The minimum Gasteiger partial charge on any atom is -0.481 e. The number of nitro groups is 2. The van der Waals surface area contributed by atoms with E-state index in [2.05, 4.69) is 31.0 Å². The maximum absolute atomic E-state index is 13.8. The second-order valence-corrected chi connectivity index (χ2v) is 42.0. The highest BCUT2D eigenvalue weighted by Crippen LogP contribution is 2.35. The number of nitro benzene ring substituents is 2. The highest BCUT2D eigenvalue weighted by molar-refractivity contribution is 6.68. The van der Waals surface area contributed by atoms with E-state index in [1.165, 1.54) is 47.9 Å². The number of aliphatic hydroxyl groups is 1. The summed E-state index contributed by atoms with van der Waals surface area (Å²) in [4.78, 5) is 184. The van der Waals surface area contributed by atoms with E-state index in [-0.39, 0.29) is 71.6 Å². The minimum absolute atomic E-state index is 0.0928. The number of carbonyl (C=O) groups is 12. The molecule has 6 N–H and O–H groups in total. The fourth-order valence-corrected chi connectivity index (χ4v) is 14.9. The van der Waals surface area contributed by atoms with Gasteiger partial charge in [-0.25, -0.2) is 19.2 Å². The number of aliphatic hydroxyl groups excluding tert-OH is 1. The van der Waals surface area contributed by atoms with Crippen molar-refractivity contribution in [3.8, 4) is 0 Å². The van der Waals surface area contributed by atoms with Gasteiger partial charge in [0.2, 0.25) is 25.3 Å². The number of alkyl halides is 6. The Hall–Kier alpha value is -11.0. The van der Waals surface area contributed by atoms with E-state index < -0.39 is 159 Å². The summed E-state index contributed by atoms with van der Waals surface area (Å²) in [5, 5.41) is 54.4. The predicted octanol–water partition coefficient (Wildman–Crippen LogP) is 16.3. The van der Waals surface area contributed by atoms with Crippen LogP contribution in [0.5, 0.6) is 0 Å². The standard InChI is InChI=1S/C40H53Cl3N4O9.C22H28N2O4.C18H27Cl3N2O6.C16H12N2O7/c1-24(45-37(52)56-38(3,4)5)30-13-12-27-11-10-26(21-31(27)46-30)14-17-39(6,7)36(51)55-32(28-15-19-53-20-16-28)33(48)44-25(2)34(49)47-18-8-9-29(22-47)35(50)54-23-40(41,42)43;1-14(23-20(27)28-21(2,3)4)17-10-9-16-8-7-15(13-18(16)24-17)11-12-22(5,6)19(25)26;1-11(22-15(25)14(24)12-4-7-28-8-5-12)16(26)23-6-2-3-13(9-23)17(27)29-10-18(19,20)21;1-9-5-3-7-11(17(21)22)13(9)15(19)25-16(20)14-10(2)6-4-8-12(14)18(23)24/h10-14,17,21,24-25,28-29,32H,8-9,15-16,18-20,22-23H2,1-7H3,(H,44,48)(H,45,52);7-14H,1-6H3,(H,23,27)(H,25,26);11-14,24H,2-10H2,1H3,(H,22,25);3-8H,1-2H3/b17-14+;12-11+;;/t24-,25+,29-,32+;14-;11-,13+,14-;/m110./s1. The van der Waals surface area contributed by atoms with Gasteiger partial charge in [0.05, 0.1) is 67.0 Å². The number of aliphatic carboxylic acids is 1. The fraction of sp³-hybridized carbons (Fsp3) is 0.521. The average molecular weight is 2040 g/mol. The molecule has 6 heterocycles. The summed E-state index contributed by atoms with van der Waals surface area (Å²) < 4.78 is 38.7. The molecular formula is C96H120Cl6N10O26. The summed E-state index contributed by atoms with van der Waals surface area (Å²) in [7, 11) is 0. The van der Waals surface area contributed by atoms with E-state index in [1.54, 1.807) is 86.6 Å². The van der Waals surface area contributed by atoms with Crippen molar-refractivity contribution in [1.29, 1.82) is 0 Å². The van der Waals surface area contributed by atoms with Crippen LogP contribution in [-0.2, 0) is 76.3 Å². The van der Waals surface area contributed by atoms with Crippen molar-refractivity contribution in [3.63, 3.8) is 0 Å². The number of carbonyl (C=O) groups excluding carboxylic acids is 11. The van der Waals surface area contributed by atoms with E-state index >= 15 is 0 Å². The number of fused-ring (bicyclic) bond motifs is 2. The molecule has 2 aromatic heterocycles. The van der Waals surface area contributed by atoms with Crippen LogP contribution in [0.25, 0.3) is 34.0 Å². The lowest BCUT2D eigenvalue weighted by Crippen LogP contribution is -2.54. The lowest BCUT2D eigenvalue weighted by atomic mass is 9.90. The van der Waals surface area contributed by atoms with Gasteiger partial charge in [0.25, 0.3) is 17.3 Å². The lowest BCUT2D eigenvalue weighted by molar-refractivity contribution is -0.385. The molecule has 8 atom stereocenters. The molecule has 0 unspecified atom stereocenters. The molecule has 752 valence electrons. The molecule has 4 aliphatic rings. The van der Waals surface area contributed by atoms with Crippen molar-refractivity contribution < 1.29 is 115 Å². The monoisotopic (exact) mass is 2040 g/mol. The number of nitrogens with zero attached hydrogens (tertiary/aromatic N) is 6. The average Bonchev–Trinajstić information content (AvgIpc) is 0.808. The number of likely N-dealkylation sites (tertiary alicyclic amines) is 2. The maximum atomic E-state index is 13.8. The first kappa shape index (κ1) is 114. The van der Waals surface area contributed by atoms with Crippen LogP contribution < -0.4 is 21.3 Å². The van der Waals surface area contributed by atoms with Crippen molar-refractivity contribution in [1.82, 2.24) is 41.0 Å². The van der Waals surface area contributed by atoms with Crippen LogP contribution in [0.4, 0.5) is 21.0 Å². The van der Waals surface area contributed by atoms with Crippen molar-refractivity contribution in [3.05, 3.63) is 174 Å². The van der Waals surface area contributed by atoms with Gasteiger partial charge in [-0.05, 0) is 215 Å². The molecule has 6 aromatic rings. The number of rotatable bonds is 27. The predicted molar refractivity (Wildman–Crippen MR) is 517 cm³/mol. The Morgan fingerprint density at radius 2 is 0.899 bits per heavy atom. The maximum Gasteiger partial charge on any atom is 0.408 e. The van der Waals surface area contributed by atoms with E-state index in [4.69, 9.17) is 108 Å². The van der Waals surface area contributed by atoms with E-state index in [9.17, 15) is 88.0 Å². The third-order valence-corrected chi connectivity index (χ3v) is 22.9. The number of benzene rings is 4. The zero-order valence-electron chi connectivity index (χ0n) is 79.7. The van der Waals surface area contributed by atoms with Gasteiger partial charge in [-0.3, -0.25) is 68.6 Å². The topological polar surface area (TPSA) is 486 Å². The first-order valence-corrected chi connectivity index (χ1v) is 46.9. The Labute approximate surface area is 829 Å². The zero-order valence-corrected chi connectivity index (χ0v) is 84.2. The smallest absolute Gasteiger partial charge is 0.408 e. The summed E-state index contributed by atoms with van der Waals surface area (Å²) in [6.07, 6.45) is 7.98. The van der Waals surface area contributed by atoms with Crippen LogP contribution in [0.3, 0.4) is 0 Å². The van der Waals surface area contributed by atoms with Crippen LogP contribution in [0, 0.1) is 68.6 Å². The molecule has 4 saturated heterocycles. The van der Waals surface area contributed by atoms with Crippen LogP contribution in [0.2, 0.25) is 0 Å². The molecule has 0 saturated carbocycles. The molecule has 4 aromatic carbocycles. The number of aryl methyl sites for hydroxylation is 2. The Bertz CT molecular complexity index is 5370. The SMILES string of the molecule is C[C@@H](NC(=O)OC(C)(C)C)c1ccc2ccc(/C=C/C(C)(C)C(=O)O)cc2n1.C[C@H](NC(=O)[C@@H](O)C1CCOCC1)C(=O)N1CCC[C@@H](C(=O)OCC(Cl)(Cl)Cl)C1.C[C@H](NC(=O)[C@@H](OC(=O)C(C)(C)/C=C/c1ccc2ccc([C@@H](C)NC(=O)OC(C)(C)C)nc2c1)C1CCOCC1)C(=O)N1CCC[C@@H](C(=O)OCC(Cl)(Cl)Cl)C1.Cc1cccc([N+](=O)[O-])c1C(=O)OC(=O)c1c(C)cccc1[N+](=O)[O-]. The molecule has 4 aliphatic heterocycles. The fourth-order valence-electron chi connectivity index (χ4n) is 14.6. The van der Waals surface area contributed by atoms with E-state index in [1.807, 2.05) is 95.3 Å². The third kappa shape index (κ3) is 36.0. The summed E-state index contributed by atoms with van der Waals surface area (Å²) in [6, 6.07) is 24.4. The van der Waals surface area contributed by atoms with Gasteiger partial charge in [0, 0.05) is 81.4 Å². The zero-order chi connectivity index (χ0) is 103. The number of aromatic nitrogens is 2. The summed E-state index contributed by atoms with van der Waals surface area (Å²) in [6.45, 7) is 29.4. The van der Waals surface area contributed by atoms with E-state index in [0.29, 0.717) is 108 Å². The first-order valence-electron chi connectivity index (χ1n) is 44.7. The number of hydrogen-bond donors (Lipinski definition) is 6. The van der Waals surface area contributed by atoms with Crippen molar-refractivity contribution in [2.75, 3.05) is 65.8 Å². The minimum atomic E-state index is -1.75. The third-order valence-electron chi connectivity index (χ3n) is 22.3. The molecule has 36 nitrogen and oxygen atoms in total. The highest BCUT2D eigenvalue weighted by Gasteiger charge is 2.42. The molecule has 4 fully saturated rings. The number of halogens is 6. The number of alkyl carbamates (subject to hydrolysis) is 2. The molecule has 6 amide bonds. The van der Waals surface area contributed by atoms with Crippen molar-refractivity contribution in [2.24, 2.45) is 34.5 Å². The Kier molecular flexibility index (Phi) is 41.9. The first-order chi connectivity index (χ1) is 64.3. The normalized spacial score (nSPS) is 17.1. The Morgan fingerprint density at radius 1 is 0.522 bits per heavy atom. The van der Waals surface area contributed by atoms with Gasteiger partial charge < -0.3 is 79.2 Å². The number of ether oxygens (including phenoxy) is 8. The number of piperidine rings is 2. The van der Waals surface area contributed by atoms with Gasteiger partial charge in [-0.1, -0.05) is 155 Å². The molecule has 10 rings (SSSR count). The van der Waals surface area contributed by atoms with E-state index in [0.717, 1.165) is 39.5 Å². The molecule has 138 heavy (non-hydrogen) atoms. The molecule has 42 heteroatoms. The second-order valence-electron chi connectivity index (χ2n) is 37.0. The Morgan fingerprint density at radius 3 is 1.28 bits per heavy atom. The quantitative estimate of drug-likeness (QED) is 0.00696. The molecular weight excluding hydrogens is 1920 g/mol. The number of hydrogen-bond acceptors (Lipinski definition) is 27. The van der Waals surface area contributed by atoms with Crippen LogP contribution >= 0.6 is 69.6 Å². The number of carboxylic acid groups (broad SMARTS) is 1. The second kappa shape index (κ2) is 50.8. The van der Waals surface area contributed by atoms with Gasteiger partial charge in [-0.15, -0.1) is 0 Å². The van der Waals surface area contributed by atoms with Crippen LogP contribution in [-0.4, -0.2) is 220 Å². The van der Waals surface area contributed by atoms with Crippen molar-refractivity contribution in [2.45, 2.75) is 217 Å². The number of pyridine rings is 2. The lowest BCUT2D eigenvalue weighted by Gasteiger charge is -2.35. The summed E-state index contributed by atoms with van der Waals surface area (Å²) in [5.41, 5.74) is -0.120.